The van der Waals surface area contributed by atoms with Crippen LogP contribution in [0.3, 0.4) is 0 Å². The van der Waals surface area contributed by atoms with Gasteiger partial charge >= 0.3 is 0 Å². The van der Waals surface area contributed by atoms with Gasteiger partial charge in [0.25, 0.3) is 0 Å². The van der Waals surface area contributed by atoms with Crippen molar-refractivity contribution in [1.82, 2.24) is 5.01 Å². The standard InChI is InChI=1S/C10H10N2S2/c13-10(14)12-9(6-7-11-12)8-4-2-1-3-5-8/h1-5,7,9H,6H2,(H,13,14)/p-1/t9-/m0/s1. The highest BCUT2D eigenvalue weighted by Gasteiger charge is 2.20. The molecule has 1 heterocycles. The van der Waals surface area contributed by atoms with Crippen molar-refractivity contribution in [3.8, 4) is 0 Å². The van der Waals surface area contributed by atoms with E-state index in [0.29, 0.717) is 4.32 Å². The number of nitrogens with zero attached hydrogens (tertiary/aromatic N) is 2. The van der Waals surface area contributed by atoms with E-state index >= 15 is 0 Å². The van der Waals surface area contributed by atoms with Crippen molar-refractivity contribution < 1.29 is 0 Å². The average Bonchev–Trinajstić information content (AvgIpc) is 2.67. The molecular weight excluding hydrogens is 212 g/mol. The van der Waals surface area contributed by atoms with Crippen LogP contribution in [0.5, 0.6) is 0 Å². The van der Waals surface area contributed by atoms with Crippen molar-refractivity contribution in [3.05, 3.63) is 35.9 Å². The van der Waals surface area contributed by atoms with Gasteiger partial charge in [-0.25, -0.2) is 0 Å². The molecule has 0 fully saturated rings. The zero-order valence-electron chi connectivity index (χ0n) is 7.46. The van der Waals surface area contributed by atoms with Gasteiger partial charge in [-0.2, -0.15) is 5.10 Å². The van der Waals surface area contributed by atoms with Crippen LogP contribution in [0.1, 0.15) is 18.0 Å². The van der Waals surface area contributed by atoms with E-state index in [9.17, 15) is 0 Å². The van der Waals surface area contributed by atoms with Crippen LogP contribution in [0.4, 0.5) is 0 Å². The largest absolute Gasteiger partial charge is 0.409 e. The molecule has 0 N–H and O–H groups in total. The molecule has 2 rings (SSSR count). The molecule has 0 saturated heterocycles. The maximum Gasteiger partial charge on any atom is 0.0806 e. The van der Waals surface area contributed by atoms with Crippen LogP contribution >= 0.6 is 12.2 Å². The van der Waals surface area contributed by atoms with E-state index in [1.165, 1.54) is 5.56 Å². The van der Waals surface area contributed by atoms with Crippen LogP contribution in [-0.4, -0.2) is 15.5 Å². The normalized spacial score (nSPS) is 20.0. The Bertz CT molecular complexity index is 362. The van der Waals surface area contributed by atoms with Gasteiger partial charge in [0.1, 0.15) is 0 Å². The van der Waals surface area contributed by atoms with E-state index in [-0.39, 0.29) is 6.04 Å². The number of hydrogen-bond donors (Lipinski definition) is 0. The van der Waals surface area contributed by atoms with Gasteiger partial charge in [-0.15, -0.1) is 0 Å². The Morgan fingerprint density at radius 3 is 2.79 bits per heavy atom. The van der Waals surface area contributed by atoms with Crippen molar-refractivity contribution in [2.24, 2.45) is 5.10 Å². The highest BCUT2D eigenvalue weighted by molar-refractivity contribution is 8.00. The summed E-state index contributed by atoms with van der Waals surface area (Å²) in [4.78, 5) is 0. The summed E-state index contributed by atoms with van der Waals surface area (Å²) in [5.74, 6) is 0. The van der Waals surface area contributed by atoms with Crippen LogP contribution in [-0.2, 0) is 12.6 Å². The first-order chi connectivity index (χ1) is 6.79. The Kier molecular flexibility index (Phi) is 2.74. The maximum absolute atomic E-state index is 4.96. The summed E-state index contributed by atoms with van der Waals surface area (Å²) in [6.45, 7) is 0. The number of hydrazone groups is 1. The second-order valence-corrected chi connectivity index (χ2v) is 4.10. The molecule has 4 heteroatoms. The first kappa shape index (κ1) is 9.55. The highest BCUT2D eigenvalue weighted by atomic mass is 32.1. The molecule has 0 spiro atoms. The van der Waals surface area contributed by atoms with Gasteiger partial charge in [-0.1, -0.05) is 30.3 Å². The monoisotopic (exact) mass is 221 g/mol. The van der Waals surface area contributed by atoms with Gasteiger partial charge in [-0.05, 0) is 9.88 Å². The van der Waals surface area contributed by atoms with Crippen molar-refractivity contribution in [1.29, 1.82) is 0 Å². The number of benzene rings is 1. The van der Waals surface area contributed by atoms with Crippen molar-refractivity contribution in [2.75, 3.05) is 0 Å². The fourth-order valence-electron chi connectivity index (χ4n) is 1.54. The molecule has 0 saturated carbocycles. The molecule has 0 amide bonds. The van der Waals surface area contributed by atoms with Crippen molar-refractivity contribution in [3.63, 3.8) is 0 Å². The zero-order valence-corrected chi connectivity index (χ0v) is 9.09. The van der Waals surface area contributed by atoms with Gasteiger partial charge in [0.15, 0.2) is 0 Å². The molecule has 0 unspecified atom stereocenters. The lowest BCUT2D eigenvalue weighted by atomic mass is 10.1. The lowest BCUT2D eigenvalue weighted by Gasteiger charge is -2.27. The summed E-state index contributed by atoms with van der Waals surface area (Å²) >= 11 is 9.92. The Morgan fingerprint density at radius 2 is 2.14 bits per heavy atom. The van der Waals surface area contributed by atoms with Crippen LogP contribution < -0.4 is 0 Å². The number of rotatable bonds is 1. The minimum absolute atomic E-state index is 0.196. The van der Waals surface area contributed by atoms with Gasteiger partial charge in [0, 0.05) is 12.6 Å². The molecule has 0 aromatic heterocycles. The topological polar surface area (TPSA) is 15.6 Å². The third kappa shape index (κ3) is 1.76. The molecular formula is C10H9N2S2-. The first-order valence-corrected chi connectivity index (χ1v) is 5.18. The molecule has 72 valence electrons. The van der Waals surface area contributed by atoms with Crippen LogP contribution in [0, 0.1) is 0 Å². The minimum atomic E-state index is 0.196. The second-order valence-electron chi connectivity index (χ2n) is 3.07. The van der Waals surface area contributed by atoms with E-state index in [0.717, 1.165) is 6.42 Å². The molecule has 2 nitrogen and oxygen atoms in total. The zero-order chi connectivity index (χ0) is 9.97. The third-order valence-corrected chi connectivity index (χ3v) is 2.58. The Morgan fingerprint density at radius 1 is 1.43 bits per heavy atom. The Balaban J connectivity index is 2.24. The SMILES string of the molecule is S=C([S-])N1N=CC[C@H]1c1ccccc1. The molecule has 1 aliphatic rings. The predicted molar refractivity (Wildman–Crippen MR) is 64.1 cm³/mol. The summed E-state index contributed by atoms with van der Waals surface area (Å²) in [6, 6.07) is 10.4. The van der Waals surface area contributed by atoms with E-state index in [1.807, 2.05) is 24.4 Å². The average molecular weight is 221 g/mol. The number of thiocarbonyl (C=S) groups is 1. The Labute approximate surface area is 94.0 Å². The van der Waals surface area contributed by atoms with Crippen molar-refractivity contribution in [2.45, 2.75) is 12.5 Å². The second kappa shape index (κ2) is 4.02. The summed E-state index contributed by atoms with van der Waals surface area (Å²) in [7, 11) is 0. The van der Waals surface area contributed by atoms with Gasteiger partial charge < -0.3 is 24.8 Å². The molecule has 0 bridgehead atoms. The van der Waals surface area contributed by atoms with E-state index in [1.54, 1.807) is 5.01 Å². The smallest absolute Gasteiger partial charge is 0.0806 e. The molecule has 1 aromatic carbocycles. The van der Waals surface area contributed by atoms with Gasteiger partial charge in [0.05, 0.1) is 6.04 Å². The predicted octanol–water partition coefficient (Wildman–Crippen LogP) is 2.25. The highest BCUT2D eigenvalue weighted by Crippen LogP contribution is 2.27. The molecule has 1 aromatic rings. The van der Waals surface area contributed by atoms with E-state index in [2.05, 4.69) is 17.2 Å². The number of hydrogen-bond acceptors (Lipinski definition) is 3. The maximum atomic E-state index is 4.96. The Hall–Kier alpha value is -1.00. The van der Waals surface area contributed by atoms with Gasteiger partial charge in [-0.3, -0.25) is 5.01 Å². The van der Waals surface area contributed by atoms with Gasteiger partial charge in [0.2, 0.25) is 0 Å². The fourth-order valence-corrected chi connectivity index (χ4v) is 1.89. The summed E-state index contributed by atoms with van der Waals surface area (Å²) in [5, 5.41) is 5.88. The lowest BCUT2D eigenvalue weighted by molar-refractivity contribution is 0.383. The summed E-state index contributed by atoms with van der Waals surface area (Å²) in [6.07, 6.45) is 2.73. The third-order valence-electron chi connectivity index (χ3n) is 2.20. The molecule has 14 heavy (non-hydrogen) atoms. The molecule has 0 radical (unpaired) electrons. The lowest BCUT2D eigenvalue weighted by Crippen LogP contribution is -2.23. The minimum Gasteiger partial charge on any atom is -0.409 e. The first-order valence-electron chi connectivity index (χ1n) is 4.36. The quantitative estimate of drug-likeness (QED) is 0.534. The van der Waals surface area contributed by atoms with Crippen LogP contribution in [0.15, 0.2) is 35.4 Å². The summed E-state index contributed by atoms with van der Waals surface area (Å²) < 4.78 is 0.410. The van der Waals surface area contributed by atoms with Crippen LogP contribution in [0.25, 0.3) is 0 Å². The van der Waals surface area contributed by atoms with E-state index in [4.69, 9.17) is 24.8 Å². The van der Waals surface area contributed by atoms with E-state index < -0.39 is 0 Å². The van der Waals surface area contributed by atoms with Crippen molar-refractivity contribution >= 4 is 35.4 Å². The molecule has 0 aliphatic carbocycles. The molecule has 1 atom stereocenters. The fraction of sp³-hybridized carbons (Fsp3) is 0.200. The summed E-state index contributed by atoms with van der Waals surface area (Å²) in [5.41, 5.74) is 1.21. The van der Waals surface area contributed by atoms with Crippen LogP contribution in [0.2, 0.25) is 0 Å². The molecule has 1 aliphatic heterocycles.